The number of fused-ring (bicyclic) bond motifs is 1. The molecular formula is C24H21N3O4. The number of carbonyl (C=O) groups is 2. The lowest BCUT2D eigenvalue weighted by atomic mass is 10.2. The minimum Gasteiger partial charge on any atom is -0.457 e. The number of esters is 1. The Bertz CT molecular complexity index is 1190. The maximum Gasteiger partial charge on any atom is 0.326 e. The molecule has 7 nitrogen and oxygen atoms in total. The lowest BCUT2D eigenvalue weighted by Crippen LogP contribution is -2.31. The number of carbonyl (C=O) groups excluding carboxylic acids is 2. The number of amides is 1. The Hall–Kier alpha value is -4.13. The van der Waals surface area contributed by atoms with E-state index in [-0.39, 0.29) is 6.54 Å². The van der Waals surface area contributed by atoms with Gasteiger partial charge in [0.1, 0.15) is 18.0 Å². The number of hydrogen-bond donors (Lipinski definition) is 1. The summed E-state index contributed by atoms with van der Waals surface area (Å²) < 4.78 is 12.7. The number of benzene rings is 3. The summed E-state index contributed by atoms with van der Waals surface area (Å²) >= 11 is 0. The molecule has 1 atom stereocenters. The molecule has 0 fully saturated rings. The fourth-order valence-electron chi connectivity index (χ4n) is 3.04. The van der Waals surface area contributed by atoms with Gasteiger partial charge >= 0.3 is 5.97 Å². The SMILES string of the molecule is CC(OC(=O)Cn1cnc2ccccc21)C(=O)Nc1ccc(Oc2ccccc2)cc1. The smallest absolute Gasteiger partial charge is 0.326 e. The maximum absolute atomic E-state index is 12.4. The number of ether oxygens (including phenoxy) is 2. The summed E-state index contributed by atoms with van der Waals surface area (Å²) in [5.41, 5.74) is 2.20. The lowest BCUT2D eigenvalue weighted by Gasteiger charge is -2.14. The van der Waals surface area contributed by atoms with Crippen molar-refractivity contribution in [3.05, 3.63) is 85.2 Å². The third kappa shape index (κ3) is 5.08. The minimum absolute atomic E-state index is 0.0242. The van der Waals surface area contributed by atoms with Crippen LogP contribution in [-0.2, 0) is 20.9 Å². The number of rotatable bonds is 7. The van der Waals surface area contributed by atoms with Crippen molar-refractivity contribution in [3.63, 3.8) is 0 Å². The Labute approximate surface area is 179 Å². The highest BCUT2D eigenvalue weighted by atomic mass is 16.5. The molecule has 156 valence electrons. The van der Waals surface area contributed by atoms with E-state index < -0.39 is 18.0 Å². The zero-order valence-corrected chi connectivity index (χ0v) is 16.9. The summed E-state index contributed by atoms with van der Waals surface area (Å²) in [6.45, 7) is 1.51. The first-order valence-corrected chi connectivity index (χ1v) is 9.82. The first-order chi connectivity index (χ1) is 15.1. The first-order valence-electron chi connectivity index (χ1n) is 9.82. The number of aromatic nitrogens is 2. The quantitative estimate of drug-likeness (QED) is 0.453. The van der Waals surface area contributed by atoms with Gasteiger partial charge in [0.05, 0.1) is 17.4 Å². The summed E-state index contributed by atoms with van der Waals surface area (Å²) in [6, 6.07) is 23.9. The van der Waals surface area contributed by atoms with Crippen LogP contribution in [0.15, 0.2) is 85.2 Å². The van der Waals surface area contributed by atoms with Crippen molar-refractivity contribution in [1.82, 2.24) is 9.55 Å². The lowest BCUT2D eigenvalue weighted by molar-refractivity contribution is -0.153. The van der Waals surface area contributed by atoms with Crippen LogP contribution in [0.25, 0.3) is 11.0 Å². The third-order valence-corrected chi connectivity index (χ3v) is 4.61. The van der Waals surface area contributed by atoms with E-state index in [4.69, 9.17) is 9.47 Å². The minimum atomic E-state index is -0.942. The molecule has 3 aromatic carbocycles. The highest BCUT2D eigenvalue weighted by molar-refractivity contribution is 5.95. The van der Waals surface area contributed by atoms with Crippen LogP contribution in [0.4, 0.5) is 5.69 Å². The van der Waals surface area contributed by atoms with Gasteiger partial charge in [-0.1, -0.05) is 30.3 Å². The standard InChI is InChI=1S/C24H21N3O4/c1-17(30-23(28)15-27-16-25-21-9-5-6-10-22(21)27)24(29)26-18-11-13-20(14-12-18)31-19-7-3-2-4-8-19/h2-14,16-17H,15H2,1H3,(H,26,29). The number of nitrogens with zero attached hydrogens (tertiary/aromatic N) is 2. The van der Waals surface area contributed by atoms with Crippen LogP contribution in [0.1, 0.15) is 6.92 Å². The van der Waals surface area contributed by atoms with Crippen molar-refractivity contribution >= 4 is 28.6 Å². The molecule has 4 aromatic rings. The molecule has 7 heteroatoms. The van der Waals surface area contributed by atoms with E-state index in [1.165, 1.54) is 6.92 Å². The second kappa shape index (κ2) is 9.13. The Kier molecular flexibility index (Phi) is 5.93. The Balaban J connectivity index is 1.30. The Morgan fingerprint density at radius 2 is 1.61 bits per heavy atom. The summed E-state index contributed by atoms with van der Waals surface area (Å²) in [6.07, 6.45) is 0.637. The van der Waals surface area contributed by atoms with Gasteiger partial charge in [-0.2, -0.15) is 0 Å². The van der Waals surface area contributed by atoms with Crippen LogP contribution in [0, 0.1) is 0 Å². The van der Waals surface area contributed by atoms with Crippen molar-refractivity contribution < 1.29 is 19.1 Å². The molecule has 1 heterocycles. The van der Waals surface area contributed by atoms with Gasteiger partial charge in [-0.3, -0.25) is 9.59 Å². The van der Waals surface area contributed by atoms with Crippen LogP contribution >= 0.6 is 0 Å². The van der Waals surface area contributed by atoms with Crippen molar-refractivity contribution in [2.45, 2.75) is 19.6 Å². The van der Waals surface area contributed by atoms with Crippen LogP contribution in [0.5, 0.6) is 11.5 Å². The van der Waals surface area contributed by atoms with Crippen molar-refractivity contribution in [2.24, 2.45) is 0 Å². The Morgan fingerprint density at radius 3 is 2.39 bits per heavy atom. The average Bonchev–Trinajstić information content (AvgIpc) is 3.18. The van der Waals surface area contributed by atoms with Gasteiger partial charge in [-0.25, -0.2) is 4.98 Å². The predicted molar refractivity (Wildman–Crippen MR) is 117 cm³/mol. The van der Waals surface area contributed by atoms with Crippen molar-refractivity contribution in [3.8, 4) is 11.5 Å². The summed E-state index contributed by atoms with van der Waals surface area (Å²) in [5.74, 6) is 0.444. The molecule has 0 aliphatic carbocycles. The van der Waals surface area contributed by atoms with E-state index in [1.54, 1.807) is 35.2 Å². The van der Waals surface area contributed by atoms with Gasteiger partial charge in [0, 0.05) is 5.69 Å². The second-order valence-corrected chi connectivity index (χ2v) is 6.92. The number of nitrogens with one attached hydrogen (secondary N) is 1. The molecule has 0 spiro atoms. The van der Waals surface area contributed by atoms with E-state index in [0.717, 1.165) is 16.8 Å². The van der Waals surface area contributed by atoms with Gasteiger partial charge in [-0.05, 0) is 55.5 Å². The molecule has 1 N–H and O–H groups in total. The van der Waals surface area contributed by atoms with E-state index in [2.05, 4.69) is 10.3 Å². The largest absolute Gasteiger partial charge is 0.457 e. The monoisotopic (exact) mass is 415 g/mol. The topological polar surface area (TPSA) is 82.5 Å². The van der Waals surface area contributed by atoms with Crippen molar-refractivity contribution in [2.75, 3.05) is 5.32 Å². The van der Waals surface area contributed by atoms with Gasteiger partial charge < -0.3 is 19.4 Å². The van der Waals surface area contributed by atoms with Crippen LogP contribution in [-0.4, -0.2) is 27.5 Å². The normalized spacial score (nSPS) is 11.6. The van der Waals surface area contributed by atoms with Crippen LogP contribution < -0.4 is 10.1 Å². The molecule has 1 unspecified atom stereocenters. The zero-order chi connectivity index (χ0) is 21.6. The maximum atomic E-state index is 12.4. The van der Waals surface area contributed by atoms with Gasteiger partial charge in [-0.15, -0.1) is 0 Å². The van der Waals surface area contributed by atoms with Crippen LogP contribution in [0.3, 0.4) is 0 Å². The fourth-order valence-corrected chi connectivity index (χ4v) is 3.04. The molecule has 0 saturated carbocycles. The molecule has 1 amide bonds. The summed E-state index contributed by atoms with van der Waals surface area (Å²) in [4.78, 5) is 28.9. The number of hydrogen-bond acceptors (Lipinski definition) is 5. The Morgan fingerprint density at radius 1 is 0.935 bits per heavy atom. The second-order valence-electron chi connectivity index (χ2n) is 6.92. The van der Waals surface area contributed by atoms with E-state index in [1.807, 2.05) is 54.6 Å². The van der Waals surface area contributed by atoms with E-state index in [9.17, 15) is 9.59 Å². The fraction of sp³-hybridized carbons (Fsp3) is 0.125. The molecule has 1 aromatic heterocycles. The highest BCUT2D eigenvalue weighted by Crippen LogP contribution is 2.22. The average molecular weight is 415 g/mol. The number of anilines is 1. The molecule has 31 heavy (non-hydrogen) atoms. The summed E-state index contributed by atoms with van der Waals surface area (Å²) in [7, 11) is 0. The van der Waals surface area contributed by atoms with Gasteiger partial charge in [0.15, 0.2) is 6.10 Å². The van der Waals surface area contributed by atoms with E-state index in [0.29, 0.717) is 11.4 Å². The molecule has 0 bridgehead atoms. The number of imidazole rings is 1. The third-order valence-electron chi connectivity index (χ3n) is 4.61. The number of para-hydroxylation sites is 3. The molecule has 4 rings (SSSR count). The van der Waals surface area contributed by atoms with Crippen LogP contribution in [0.2, 0.25) is 0 Å². The molecule has 0 aliphatic rings. The summed E-state index contributed by atoms with van der Waals surface area (Å²) in [5, 5.41) is 2.74. The predicted octanol–water partition coefficient (Wildman–Crippen LogP) is 4.40. The molecule has 0 aliphatic heterocycles. The van der Waals surface area contributed by atoms with Crippen molar-refractivity contribution in [1.29, 1.82) is 0 Å². The molecule has 0 radical (unpaired) electrons. The first kappa shape index (κ1) is 20.2. The highest BCUT2D eigenvalue weighted by Gasteiger charge is 2.19. The molecule has 0 saturated heterocycles. The van der Waals surface area contributed by atoms with E-state index >= 15 is 0 Å². The van der Waals surface area contributed by atoms with Gasteiger partial charge in [0.25, 0.3) is 5.91 Å². The molecular weight excluding hydrogens is 394 g/mol. The zero-order valence-electron chi connectivity index (χ0n) is 16.9. The van der Waals surface area contributed by atoms with Gasteiger partial charge in [0.2, 0.25) is 0 Å².